The number of benzene rings is 1. The second-order valence-corrected chi connectivity index (χ2v) is 7.77. The summed E-state index contributed by atoms with van der Waals surface area (Å²) in [6, 6.07) is 13.8. The summed E-state index contributed by atoms with van der Waals surface area (Å²) in [6.45, 7) is 3.20. The van der Waals surface area contributed by atoms with Crippen LogP contribution in [-0.4, -0.2) is 52.3 Å². The van der Waals surface area contributed by atoms with E-state index in [0.29, 0.717) is 19.6 Å². The Balaban J connectivity index is 1.22. The largest absolute Gasteiger partial charge is 0.352 e. The summed E-state index contributed by atoms with van der Waals surface area (Å²) in [5.74, 6) is 0.906. The number of hydrogen-bond donors (Lipinski definition) is 1. The van der Waals surface area contributed by atoms with E-state index < -0.39 is 0 Å². The zero-order valence-electron chi connectivity index (χ0n) is 16.1. The highest BCUT2D eigenvalue weighted by Crippen LogP contribution is 2.29. The number of anilines is 1. The molecule has 3 aromatic rings. The minimum Gasteiger partial charge on any atom is -0.352 e. The number of nitrogens with zero attached hydrogens (tertiary/aromatic N) is 4. The highest BCUT2D eigenvalue weighted by atomic mass is 32.1. The van der Waals surface area contributed by atoms with Gasteiger partial charge in [0, 0.05) is 50.6 Å². The predicted octanol–water partition coefficient (Wildman–Crippen LogP) is 2.44. The Morgan fingerprint density at radius 3 is 2.59 bits per heavy atom. The van der Waals surface area contributed by atoms with Crippen molar-refractivity contribution in [2.24, 2.45) is 0 Å². The van der Waals surface area contributed by atoms with Gasteiger partial charge in [0.05, 0.1) is 16.9 Å². The van der Waals surface area contributed by atoms with Gasteiger partial charge in [-0.15, -0.1) is 0 Å². The smallest absolute Gasteiger partial charge is 0.223 e. The third kappa shape index (κ3) is 4.71. The van der Waals surface area contributed by atoms with Crippen LogP contribution in [0.15, 0.2) is 48.7 Å². The topological polar surface area (TPSA) is 78.4 Å². The van der Waals surface area contributed by atoms with Crippen LogP contribution in [0.25, 0.3) is 10.1 Å². The van der Waals surface area contributed by atoms with Gasteiger partial charge in [-0.25, -0.2) is 0 Å². The zero-order valence-corrected chi connectivity index (χ0v) is 16.9. The average molecular weight is 410 g/mol. The molecule has 1 aliphatic heterocycles. The van der Waals surface area contributed by atoms with Crippen molar-refractivity contribution in [3.8, 4) is 0 Å². The Labute approximate surface area is 173 Å². The number of rotatable bonds is 6. The molecule has 2 amide bonds. The Hall–Kier alpha value is -3.00. The molecule has 1 saturated heterocycles. The third-order valence-corrected chi connectivity index (χ3v) is 5.87. The number of fused-ring (bicyclic) bond motifs is 1. The van der Waals surface area contributed by atoms with E-state index >= 15 is 0 Å². The number of pyridine rings is 1. The Bertz CT molecular complexity index is 983. The van der Waals surface area contributed by atoms with Crippen molar-refractivity contribution >= 4 is 39.3 Å². The lowest BCUT2D eigenvalue weighted by atomic mass is 10.2. The Morgan fingerprint density at radius 1 is 1.00 bits per heavy atom. The lowest BCUT2D eigenvalue weighted by molar-refractivity contribution is -0.133. The van der Waals surface area contributed by atoms with E-state index in [9.17, 15) is 9.59 Å². The molecular weight excluding hydrogens is 386 g/mol. The molecule has 0 radical (unpaired) electrons. The molecule has 0 spiro atoms. The van der Waals surface area contributed by atoms with Crippen LogP contribution in [0.5, 0.6) is 0 Å². The molecule has 7 nitrogen and oxygen atoms in total. The first-order chi connectivity index (χ1) is 14.2. The van der Waals surface area contributed by atoms with Gasteiger partial charge in [-0.1, -0.05) is 18.2 Å². The molecule has 2 aromatic heterocycles. The summed E-state index contributed by atoms with van der Waals surface area (Å²) >= 11 is 1.51. The fourth-order valence-corrected chi connectivity index (χ4v) is 4.22. The van der Waals surface area contributed by atoms with Crippen LogP contribution in [-0.2, 0) is 16.1 Å². The molecule has 1 N–H and O–H groups in total. The highest BCUT2D eigenvalue weighted by molar-refractivity contribution is 7.13. The molecule has 29 heavy (non-hydrogen) atoms. The molecule has 1 aliphatic rings. The molecule has 1 fully saturated rings. The Morgan fingerprint density at radius 2 is 1.79 bits per heavy atom. The summed E-state index contributed by atoms with van der Waals surface area (Å²) in [5, 5.41) is 3.98. The van der Waals surface area contributed by atoms with E-state index in [1.165, 1.54) is 21.6 Å². The number of aromatic nitrogens is 2. The highest BCUT2D eigenvalue weighted by Gasteiger charge is 2.23. The van der Waals surface area contributed by atoms with Gasteiger partial charge in [-0.3, -0.25) is 14.6 Å². The van der Waals surface area contributed by atoms with Crippen LogP contribution in [0.2, 0.25) is 0 Å². The fourth-order valence-electron chi connectivity index (χ4n) is 3.43. The van der Waals surface area contributed by atoms with Crippen LogP contribution in [0, 0.1) is 0 Å². The lowest BCUT2D eigenvalue weighted by Crippen LogP contribution is -2.49. The second-order valence-electron chi connectivity index (χ2n) is 6.97. The van der Waals surface area contributed by atoms with Crippen LogP contribution in [0.4, 0.5) is 5.82 Å². The molecule has 0 atom stereocenters. The van der Waals surface area contributed by atoms with Crippen molar-refractivity contribution in [3.05, 3.63) is 54.4 Å². The van der Waals surface area contributed by atoms with Crippen LogP contribution < -0.4 is 10.2 Å². The first-order valence-corrected chi connectivity index (χ1v) is 10.5. The average Bonchev–Trinajstić information content (AvgIpc) is 3.21. The molecule has 4 rings (SSSR count). The molecule has 0 bridgehead atoms. The molecule has 150 valence electrons. The van der Waals surface area contributed by atoms with Gasteiger partial charge in [-0.05, 0) is 35.8 Å². The number of amides is 2. The molecule has 3 heterocycles. The van der Waals surface area contributed by atoms with Crippen LogP contribution in [0.1, 0.15) is 18.5 Å². The molecular formula is C21H23N5O2S. The van der Waals surface area contributed by atoms with Crippen LogP contribution >= 0.6 is 11.5 Å². The fraction of sp³-hybridized carbons (Fsp3) is 0.333. The quantitative estimate of drug-likeness (QED) is 0.677. The molecule has 0 aliphatic carbocycles. The molecule has 1 aromatic carbocycles. The van der Waals surface area contributed by atoms with Crippen molar-refractivity contribution in [3.63, 3.8) is 0 Å². The molecule has 0 saturated carbocycles. The summed E-state index contributed by atoms with van der Waals surface area (Å²) in [7, 11) is 0. The maximum Gasteiger partial charge on any atom is 0.223 e. The summed E-state index contributed by atoms with van der Waals surface area (Å²) < 4.78 is 5.78. The van der Waals surface area contributed by atoms with Gasteiger partial charge in [0.15, 0.2) is 0 Å². The Kier molecular flexibility index (Phi) is 6.00. The van der Waals surface area contributed by atoms with Gasteiger partial charge in [0.1, 0.15) is 5.82 Å². The standard InChI is InChI=1S/C21H23N5O2S/c27-19(23-15-16-5-3-4-10-22-16)8-9-20(28)25-11-13-26(14-12-25)21-17-6-1-2-7-18(17)29-24-21/h1-7,10H,8-9,11-15H2,(H,23,27). The number of hydrogen-bond acceptors (Lipinski definition) is 6. The zero-order chi connectivity index (χ0) is 20.1. The van der Waals surface area contributed by atoms with E-state index in [-0.39, 0.29) is 24.7 Å². The maximum atomic E-state index is 12.5. The first-order valence-electron chi connectivity index (χ1n) is 9.74. The number of carbonyl (C=O) groups excluding carboxylic acids is 2. The molecule has 0 unspecified atom stereocenters. The van der Waals surface area contributed by atoms with E-state index in [1.54, 1.807) is 6.20 Å². The lowest BCUT2D eigenvalue weighted by Gasteiger charge is -2.35. The van der Waals surface area contributed by atoms with Gasteiger partial charge in [0.25, 0.3) is 0 Å². The molecule has 8 heteroatoms. The normalized spacial score (nSPS) is 14.2. The van der Waals surface area contributed by atoms with Gasteiger partial charge < -0.3 is 15.1 Å². The van der Waals surface area contributed by atoms with Crippen molar-refractivity contribution < 1.29 is 9.59 Å². The summed E-state index contributed by atoms with van der Waals surface area (Å²) in [5.41, 5.74) is 0.804. The maximum absolute atomic E-state index is 12.5. The monoisotopic (exact) mass is 409 g/mol. The number of nitrogens with one attached hydrogen (secondary N) is 1. The summed E-state index contributed by atoms with van der Waals surface area (Å²) in [6.07, 6.45) is 2.12. The van der Waals surface area contributed by atoms with E-state index in [4.69, 9.17) is 0 Å². The van der Waals surface area contributed by atoms with Crippen molar-refractivity contribution in [1.82, 2.24) is 19.6 Å². The van der Waals surface area contributed by atoms with Crippen molar-refractivity contribution in [2.75, 3.05) is 31.1 Å². The van der Waals surface area contributed by atoms with Crippen molar-refractivity contribution in [2.45, 2.75) is 19.4 Å². The number of carbonyl (C=O) groups is 2. The van der Waals surface area contributed by atoms with Gasteiger partial charge in [-0.2, -0.15) is 4.37 Å². The minimum atomic E-state index is -0.128. The van der Waals surface area contributed by atoms with Crippen LogP contribution in [0.3, 0.4) is 0 Å². The third-order valence-electron chi connectivity index (χ3n) is 5.05. The van der Waals surface area contributed by atoms with Gasteiger partial charge in [0.2, 0.25) is 11.8 Å². The summed E-state index contributed by atoms with van der Waals surface area (Å²) in [4.78, 5) is 32.7. The van der Waals surface area contributed by atoms with Gasteiger partial charge >= 0.3 is 0 Å². The van der Waals surface area contributed by atoms with Crippen molar-refractivity contribution in [1.29, 1.82) is 0 Å². The van der Waals surface area contributed by atoms with E-state index in [2.05, 4.69) is 31.7 Å². The SMILES string of the molecule is O=C(CCC(=O)N1CCN(c2nsc3ccccc23)CC1)NCc1ccccn1. The predicted molar refractivity (Wildman–Crippen MR) is 114 cm³/mol. The first kappa shape index (κ1) is 19.3. The minimum absolute atomic E-state index is 0.0285. The van der Waals surface area contributed by atoms with E-state index in [1.807, 2.05) is 35.2 Å². The number of piperazine rings is 1. The second kappa shape index (κ2) is 9.00. The van der Waals surface area contributed by atoms with E-state index in [0.717, 1.165) is 24.6 Å².